The number of hydrogen-bond acceptors (Lipinski definition) is 4. The van der Waals surface area contributed by atoms with Crippen molar-refractivity contribution in [1.29, 1.82) is 0 Å². The molecule has 4 heteroatoms. The minimum Gasteiger partial charge on any atom is -0.492 e. The minimum absolute atomic E-state index is 0.694. The Labute approximate surface area is 112 Å². The van der Waals surface area contributed by atoms with Gasteiger partial charge in [0.1, 0.15) is 5.75 Å². The molecule has 0 spiro atoms. The van der Waals surface area contributed by atoms with Crippen molar-refractivity contribution < 1.29 is 4.74 Å². The highest BCUT2D eigenvalue weighted by molar-refractivity contribution is 7.09. The molecule has 0 aliphatic heterocycles. The Kier molecular flexibility index (Phi) is 5.02. The second kappa shape index (κ2) is 7.01. The molecule has 0 aliphatic carbocycles. The average Bonchev–Trinajstić information content (AvgIpc) is 2.90. The lowest BCUT2D eigenvalue weighted by atomic mass is 10.3. The van der Waals surface area contributed by atoms with Crippen molar-refractivity contribution in [3.8, 4) is 5.75 Å². The van der Waals surface area contributed by atoms with E-state index in [-0.39, 0.29) is 0 Å². The average molecular weight is 262 g/mol. The van der Waals surface area contributed by atoms with Gasteiger partial charge >= 0.3 is 0 Å². The van der Waals surface area contributed by atoms with Gasteiger partial charge < -0.3 is 10.1 Å². The van der Waals surface area contributed by atoms with Crippen molar-refractivity contribution in [3.63, 3.8) is 0 Å². The van der Waals surface area contributed by atoms with Crippen LogP contribution in [-0.2, 0) is 6.42 Å². The largest absolute Gasteiger partial charge is 0.492 e. The zero-order valence-corrected chi connectivity index (χ0v) is 11.4. The molecule has 3 nitrogen and oxygen atoms in total. The molecule has 0 radical (unpaired) electrons. The predicted molar refractivity (Wildman–Crippen MR) is 76.5 cm³/mol. The van der Waals surface area contributed by atoms with Crippen LogP contribution in [-0.4, -0.2) is 18.1 Å². The first-order chi connectivity index (χ1) is 8.88. The van der Waals surface area contributed by atoms with Gasteiger partial charge in [0.15, 0.2) is 0 Å². The quantitative estimate of drug-likeness (QED) is 0.828. The van der Waals surface area contributed by atoms with Gasteiger partial charge in [-0.05, 0) is 17.9 Å². The summed E-state index contributed by atoms with van der Waals surface area (Å²) in [5, 5.41) is 5.39. The normalized spacial score (nSPS) is 10.3. The molecule has 0 atom stereocenters. The van der Waals surface area contributed by atoms with Crippen LogP contribution in [0.3, 0.4) is 0 Å². The molecule has 1 N–H and O–H groups in total. The van der Waals surface area contributed by atoms with Crippen LogP contribution in [0.1, 0.15) is 18.2 Å². The van der Waals surface area contributed by atoms with Gasteiger partial charge in [0.05, 0.1) is 24.7 Å². The van der Waals surface area contributed by atoms with Crippen molar-refractivity contribution in [2.45, 2.75) is 19.8 Å². The van der Waals surface area contributed by atoms with Gasteiger partial charge in [-0.1, -0.05) is 13.0 Å². The van der Waals surface area contributed by atoms with E-state index in [1.165, 1.54) is 4.88 Å². The highest BCUT2D eigenvalue weighted by atomic mass is 32.1. The van der Waals surface area contributed by atoms with Crippen molar-refractivity contribution in [2.75, 3.05) is 18.5 Å². The lowest BCUT2D eigenvalue weighted by Gasteiger charge is -2.08. The summed E-state index contributed by atoms with van der Waals surface area (Å²) in [6.07, 6.45) is 5.63. The van der Waals surface area contributed by atoms with E-state index in [2.05, 4.69) is 34.7 Å². The number of nitrogens with zero attached hydrogens (tertiary/aromatic N) is 1. The fourth-order valence-corrected chi connectivity index (χ4v) is 2.28. The molecule has 0 aromatic carbocycles. The van der Waals surface area contributed by atoms with E-state index in [1.54, 1.807) is 17.5 Å². The Morgan fingerprint density at radius 3 is 3.11 bits per heavy atom. The molecule has 0 bridgehead atoms. The number of ether oxygens (including phenoxy) is 1. The fraction of sp³-hybridized carbons (Fsp3) is 0.357. The maximum absolute atomic E-state index is 5.70. The molecule has 0 aliphatic rings. The summed E-state index contributed by atoms with van der Waals surface area (Å²) in [6.45, 7) is 3.79. The standard InChI is InChI=1S/C14H18N2OS/c1-2-6-16-12-9-13(11-15-10-12)17-7-5-14-4-3-8-18-14/h3-4,8-11,16H,2,5-7H2,1H3. The molecular formula is C14H18N2OS. The molecule has 0 saturated carbocycles. The lowest BCUT2D eigenvalue weighted by Crippen LogP contribution is -2.03. The first-order valence-electron chi connectivity index (χ1n) is 6.22. The zero-order valence-electron chi connectivity index (χ0n) is 10.6. The van der Waals surface area contributed by atoms with E-state index in [1.807, 2.05) is 12.3 Å². The maximum Gasteiger partial charge on any atom is 0.139 e. The van der Waals surface area contributed by atoms with Gasteiger partial charge in [-0.25, -0.2) is 0 Å². The minimum atomic E-state index is 0.694. The predicted octanol–water partition coefficient (Wildman–Crippen LogP) is 3.59. The highest BCUT2D eigenvalue weighted by Gasteiger charge is 1.99. The molecule has 96 valence electrons. The Morgan fingerprint density at radius 1 is 1.39 bits per heavy atom. The van der Waals surface area contributed by atoms with Crippen LogP contribution < -0.4 is 10.1 Å². The zero-order chi connectivity index (χ0) is 12.6. The molecule has 0 unspecified atom stereocenters. The van der Waals surface area contributed by atoms with Crippen LogP contribution in [0, 0.1) is 0 Å². The summed E-state index contributed by atoms with van der Waals surface area (Å²) in [5.41, 5.74) is 1.02. The van der Waals surface area contributed by atoms with Gasteiger partial charge in [-0.2, -0.15) is 0 Å². The van der Waals surface area contributed by atoms with Crippen LogP contribution in [0.15, 0.2) is 36.0 Å². The number of hydrogen-bond donors (Lipinski definition) is 1. The number of thiophene rings is 1. The molecule has 2 heterocycles. The second-order valence-corrected chi connectivity index (χ2v) is 5.05. The molecular weight excluding hydrogens is 244 g/mol. The summed E-state index contributed by atoms with van der Waals surface area (Å²) >= 11 is 1.76. The van der Waals surface area contributed by atoms with Crippen LogP contribution >= 0.6 is 11.3 Å². The fourth-order valence-electron chi connectivity index (χ4n) is 1.59. The van der Waals surface area contributed by atoms with E-state index in [0.717, 1.165) is 30.8 Å². The van der Waals surface area contributed by atoms with E-state index in [0.29, 0.717) is 6.61 Å². The summed E-state index contributed by atoms with van der Waals surface area (Å²) in [5.74, 6) is 0.827. The Hall–Kier alpha value is -1.55. The summed E-state index contributed by atoms with van der Waals surface area (Å²) in [7, 11) is 0. The van der Waals surface area contributed by atoms with Gasteiger partial charge in [-0.3, -0.25) is 4.98 Å². The van der Waals surface area contributed by atoms with Crippen molar-refractivity contribution in [1.82, 2.24) is 4.98 Å². The molecule has 2 aromatic rings. The first kappa shape index (κ1) is 12.9. The number of pyridine rings is 1. The van der Waals surface area contributed by atoms with Gasteiger partial charge in [0, 0.05) is 23.9 Å². The van der Waals surface area contributed by atoms with Crippen molar-refractivity contribution >= 4 is 17.0 Å². The third kappa shape index (κ3) is 4.04. The maximum atomic E-state index is 5.70. The van der Waals surface area contributed by atoms with Crippen LogP contribution in [0.25, 0.3) is 0 Å². The molecule has 2 aromatic heterocycles. The van der Waals surface area contributed by atoms with Gasteiger partial charge in [-0.15, -0.1) is 11.3 Å². The van der Waals surface area contributed by atoms with Crippen molar-refractivity contribution in [2.24, 2.45) is 0 Å². The first-order valence-corrected chi connectivity index (χ1v) is 7.10. The van der Waals surface area contributed by atoms with Crippen LogP contribution in [0.5, 0.6) is 5.75 Å². The summed E-state index contributed by atoms with van der Waals surface area (Å²) in [4.78, 5) is 5.52. The molecule has 0 amide bonds. The Morgan fingerprint density at radius 2 is 2.33 bits per heavy atom. The Balaban J connectivity index is 1.81. The lowest BCUT2D eigenvalue weighted by molar-refractivity contribution is 0.322. The van der Waals surface area contributed by atoms with E-state index in [9.17, 15) is 0 Å². The molecule has 18 heavy (non-hydrogen) atoms. The van der Waals surface area contributed by atoms with E-state index < -0.39 is 0 Å². The Bertz CT molecular complexity index is 457. The number of aromatic nitrogens is 1. The summed E-state index contributed by atoms with van der Waals surface area (Å²) < 4.78 is 5.70. The number of anilines is 1. The second-order valence-electron chi connectivity index (χ2n) is 4.01. The molecule has 2 rings (SSSR count). The van der Waals surface area contributed by atoms with E-state index in [4.69, 9.17) is 4.74 Å². The smallest absolute Gasteiger partial charge is 0.139 e. The third-order valence-corrected chi connectivity index (χ3v) is 3.43. The van der Waals surface area contributed by atoms with Crippen molar-refractivity contribution in [3.05, 3.63) is 40.8 Å². The van der Waals surface area contributed by atoms with Gasteiger partial charge in [0.25, 0.3) is 0 Å². The van der Waals surface area contributed by atoms with Crippen LogP contribution in [0.2, 0.25) is 0 Å². The summed E-state index contributed by atoms with van der Waals surface area (Å²) in [6, 6.07) is 6.19. The van der Waals surface area contributed by atoms with Crippen LogP contribution in [0.4, 0.5) is 5.69 Å². The monoisotopic (exact) mass is 262 g/mol. The van der Waals surface area contributed by atoms with E-state index >= 15 is 0 Å². The highest BCUT2D eigenvalue weighted by Crippen LogP contribution is 2.16. The topological polar surface area (TPSA) is 34.2 Å². The molecule has 0 fully saturated rings. The third-order valence-electron chi connectivity index (χ3n) is 2.49. The van der Waals surface area contributed by atoms with Gasteiger partial charge in [0.2, 0.25) is 0 Å². The number of nitrogens with one attached hydrogen (secondary N) is 1. The SMILES string of the molecule is CCCNc1cncc(OCCc2cccs2)c1. The number of rotatable bonds is 7. The molecule has 0 saturated heterocycles.